The molecule has 3 aromatic carbocycles. The van der Waals surface area contributed by atoms with Gasteiger partial charge in [0.15, 0.2) is 0 Å². The molecule has 0 fully saturated rings. The second kappa shape index (κ2) is 7.01. The van der Waals surface area contributed by atoms with Crippen LogP contribution in [-0.2, 0) is 10.0 Å². The summed E-state index contributed by atoms with van der Waals surface area (Å²) in [5.74, 6) is -1.12. The van der Waals surface area contributed by atoms with Crippen LogP contribution in [0.25, 0.3) is 11.1 Å². The predicted molar refractivity (Wildman–Crippen MR) is 101 cm³/mol. The van der Waals surface area contributed by atoms with Gasteiger partial charge in [0.05, 0.1) is 10.5 Å². The first-order valence-electron chi connectivity index (χ1n) is 7.88. The topological polar surface area (TPSA) is 83.5 Å². The summed E-state index contributed by atoms with van der Waals surface area (Å²) in [5.41, 5.74) is 3.28. The van der Waals surface area contributed by atoms with Gasteiger partial charge in [-0.3, -0.25) is 4.72 Å². The summed E-state index contributed by atoms with van der Waals surface area (Å²) in [6, 6.07) is 20.2. The summed E-state index contributed by atoms with van der Waals surface area (Å²) < 4.78 is 27.4. The molecule has 0 aromatic heterocycles. The lowest BCUT2D eigenvalue weighted by Gasteiger charge is -2.10. The Hall–Kier alpha value is -3.12. The Kier molecular flexibility index (Phi) is 4.77. The largest absolute Gasteiger partial charge is 0.478 e. The van der Waals surface area contributed by atoms with E-state index in [4.69, 9.17) is 5.11 Å². The van der Waals surface area contributed by atoms with Crippen LogP contribution in [0.1, 0.15) is 15.9 Å². The Morgan fingerprint density at radius 3 is 2.04 bits per heavy atom. The second-order valence-corrected chi connectivity index (χ2v) is 7.56. The number of benzene rings is 3. The van der Waals surface area contributed by atoms with Crippen LogP contribution in [0.5, 0.6) is 0 Å². The molecular weight excluding hydrogens is 350 g/mol. The number of carboxylic acid groups (broad SMARTS) is 1. The van der Waals surface area contributed by atoms with Crippen LogP contribution in [0.2, 0.25) is 0 Å². The van der Waals surface area contributed by atoms with E-state index in [0.29, 0.717) is 0 Å². The molecule has 0 saturated carbocycles. The normalized spacial score (nSPS) is 11.1. The number of aromatic carboxylic acids is 1. The fourth-order valence-corrected chi connectivity index (χ4v) is 3.55. The van der Waals surface area contributed by atoms with Crippen LogP contribution in [0.4, 0.5) is 5.69 Å². The third-order valence-corrected chi connectivity index (χ3v) is 5.31. The molecule has 0 spiro atoms. The van der Waals surface area contributed by atoms with Gasteiger partial charge in [0.2, 0.25) is 0 Å². The van der Waals surface area contributed by atoms with Crippen molar-refractivity contribution in [1.29, 1.82) is 0 Å². The van der Waals surface area contributed by atoms with Gasteiger partial charge in [0.25, 0.3) is 10.0 Å². The lowest BCUT2D eigenvalue weighted by molar-refractivity contribution is 0.0697. The zero-order valence-corrected chi connectivity index (χ0v) is 14.8. The highest BCUT2D eigenvalue weighted by Gasteiger charge is 2.15. The van der Waals surface area contributed by atoms with Crippen molar-refractivity contribution in [2.75, 3.05) is 4.72 Å². The van der Waals surface area contributed by atoms with Crippen molar-refractivity contribution in [2.24, 2.45) is 0 Å². The Labute approximate surface area is 152 Å². The molecule has 3 aromatic rings. The third kappa shape index (κ3) is 3.92. The van der Waals surface area contributed by atoms with E-state index in [0.717, 1.165) is 16.7 Å². The minimum atomic E-state index is -3.80. The van der Waals surface area contributed by atoms with Crippen LogP contribution >= 0.6 is 0 Å². The Morgan fingerprint density at radius 1 is 0.885 bits per heavy atom. The van der Waals surface area contributed by atoms with Crippen molar-refractivity contribution in [3.05, 3.63) is 83.9 Å². The molecule has 0 heterocycles. The minimum absolute atomic E-state index is 0.0138. The summed E-state index contributed by atoms with van der Waals surface area (Å²) in [6.07, 6.45) is 0. The fourth-order valence-electron chi connectivity index (χ4n) is 2.50. The molecule has 0 aliphatic heterocycles. The van der Waals surface area contributed by atoms with Crippen molar-refractivity contribution in [2.45, 2.75) is 11.8 Å². The molecule has 0 aliphatic carbocycles. The predicted octanol–water partition coefficient (Wildman–Crippen LogP) is 4.16. The maximum atomic E-state index is 12.5. The van der Waals surface area contributed by atoms with Crippen molar-refractivity contribution < 1.29 is 18.3 Å². The maximum Gasteiger partial charge on any atom is 0.335 e. The van der Waals surface area contributed by atoms with Crippen LogP contribution in [0, 0.1) is 6.92 Å². The van der Waals surface area contributed by atoms with Crippen molar-refractivity contribution in [3.63, 3.8) is 0 Å². The van der Waals surface area contributed by atoms with Crippen molar-refractivity contribution in [3.8, 4) is 11.1 Å². The van der Waals surface area contributed by atoms with Gasteiger partial charge >= 0.3 is 5.97 Å². The van der Waals surface area contributed by atoms with Gasteiger partial charge in [-0.05, 0) is 48.4 Å². The highest BCUT2D eigenvalue weighted by molar-refractivity contribution is 7.92. The number of carbonyl (C=O) groups is 1. The number of nitrogens with one attached hydrogen (secondary N) is 1. The quantitative estimate of drug-likeness (QED) is 0.709. The Morgan fingerprint density at radius 2 is 1.46 bits per heavy atom. The number of sulfonamides is 1. The summed E-state index contributed by atoms with van der Waals surface area (Å²) in [7, 11) is -3.80. The number of aryl methyl sites for hydroxylation is 1. The SMILES string of the molecule is Cc1ccc(-c2ccc(S(=O)(=O)Nc3cccc(C(=O)O)c3)cc2)cc1. The van der Waals surface area contributed by atoms with Gasteiger partial charge in [0, 0.05) is 5.69 Å². The monoisotopic (exact) mass is 367 g/mol. The van der Waals surface area contributed by atoms with Crippen LogP contribution in [0.3, 0.4) is 0 Å². The van der Waals surface area contributed by atoms with Crippen LogP contribution in [-0.4, -0.2) is 19.5 Å². The van der Waals surface area contributed by atoms with E-state index in [-0.39, 0.29) is 16.1 Å². The lowest BCUT2D eigenvalue weighted by Crippen LogP contribution is -2.13. The number of carboxylic acids is 1. The van der Waals surface area contributed by atoms with Gasteiger partial charge in [-0.15, -0.1) is 0 Å². The first-order chi connectivity index (χ1) is 12.3. The number of hydrogen-bond acceptors (Lipinski definition) is 3. The third-order valence-electron chi connectivity index (χ3n) is 3.91. The highest BCUT2D eigenvalue weighted by atomic mass is 32.2. The van der Waals surface area contributed by atoms with Crippen molar-refractivity contribution >= 4 is 21.7 Å². The standard InChI is InChI=1S/C20H17NO4S/c1-14-5-7-15(8-6-14)16-9-11-19(12-10-16)26(24,25)21-18-4-2-3-17(13-18)20(22)23/h2-13,21H,1H3,(H,22,23). The molecule has 2 N–H and O–H groups in total. The smallest absolute Gasteiger partial charge is 0.335 e. The minimum Gasteiger partial charge on any atom is -0.478 e. The number of anilines is 1. The summed E-state index contributed by atoms with van der Waals surface area (Å²) in [5, 5.41) is 9.00. The molecule has 26 heavy (non-hydrogen) atoms. The molecule has 0 saturated heterocycles. The first-order valence-corrected chi connectivity index (χ1v) is 9.37. The molecular formula is C20H17NO4S. The lowest BCUT2D eigenvalue weighted by atomic mass is 10.0. The molecule has 0 bridgehead atoms. The van der Waals surface area contributed by atoms with E-state index in [1.165, 1.54) is 36.4 Å². The first kappa shape index (κ1) is 17.7. The van der Waals surface area contributed by atoms with E-state index in [2.05, 4.69) is 4.72 Å². The zero-order chi connectivity index (χ0) is 18.7. The van der Waals surface area contributed by atoms with Gasteiger partial charge in [0.1, 0.15) is 0 Å². The Balaban J connectivity index is 1.84. The average molecular weight is 367 g/mol. The molecule has 5 nitrogen and oxygen atoms in total. The van der Waals surface area contributed by atoms with E-state index in [1.807, 2.05) is 31.2 Å². The summed E-state index contributed by atoms with van der Waals surface area (Å²) in [6.45, 7) is 2.00. The fraction of sp³-hybridized carbons (Fsp3) is 0.0500. The maximum absolute atomic E-state index is 12.5. The summed E-state index contributed by atoms with van der Waals surface area (Å²) in [4.78, 5) is 11.1. The molecule has 3 rings (SSSR count). The van der Waals surface area contributed by atoms with Gasteiger partial charge in [-0.25, -0.2) is 13.2 Å². The van der Waals surface area contributed by atoms with E-state index >= 15 is 0 Å². The number of rotatable bonds is 5. The van der Waals surface area contributed by atoms with Crippen LogP contribution in [0.15, 0.2) is 77.7 Å². The molecule has 132 valence electrons. The molecule has 6 heteroatoms. The van der Waals surface area contributed by atoms with Crippen molar-refractivity contribution in [1.82, 2.24) is 0 Å². The van der Waals surface area contributed by atoms with Gasteiger partial charge < -0.3 is 5.11 Å². The zero-order valence-electron chi connectivity index (χ0n) is 14.0. The second-order valence-electron chi connectivity index (χ2n) is 5.88. The van der Waals surface area contributed by atoms with Crippen LogP contribution < -0.4 is 4.72 Å². The number of hydrogen-bond donors (Lipinski definition) is 2. The average Bonchev–Trinajstić information content (AvgIpc) is 2.62. The highest BCUT2D eigenvalue weighted by Crippen LogP contribution is 2.23. The van der Waals surface area contributed by atoms with Gasteiger partial charge in [-0.2, -0.15) is 0 Å². The molecule has 0 radical (unpaired) electrons. The summed E-state index contributed by atoms with van der Waals surface area (Å²) >= 11 is 0. The van der Waals surface area contributed by atoms with E-state index in [1.54, 1.807) is 12.1 Å². The van der Waals surface area contributed by atoms with E-state index in [9.17, 15) is 13.2 Å². The Bertz CT molecular complexity index is 1040. The molecule has 0 aliphatic rings. The molecule has 0 atom stereocenters. The molecule has 0 amide bonds. The molecule has 0 unspecified atom stereocenters. The van der Waals surface area contributed by atoms with Gasteiger partial charge in [-0.1, -0.05) is 48.0 Å². The van der Waals surface area contributed by atoms with E-state index < -0.39 is 16.0 Å².